The molecule has 0 bridgehead atoms. The molecule has 1 unspecified atom stereocenters. The number of nitrogens with zero attached hydrogens (tertiary/aromatic N) is 3. The second-order valence-electron chi connectivity index (χ2n) is 8.27. The molecule has 3 aromatic rings. The molecule has 0 spiro atoms. The third-order valence-electron chi connectivity index (χ3n) is 5.81. The Bertz CT molecular complexity index is 995. The molecule has 1 fully saturated rings. The van der Waals surface area contributed by atoms with Gasteiger partial charge in [-0.2, -0.15) is 11.8 Å². The van der Waals surface area contributed by atoms with Gasteiger partial charge in [-0.15, -0.1) is 24.0 Å². The van der Waals surface area contributed by atoms with E-state index in [2.05, 4.69) is 92.4 Å². The number of hydrogen-bond donors (Lipinski definition) is 2. The molecule has 1 aromatic heterocycles. The lowest BCUT2D eigenvalue weighted by molar-refractivity contribution is 0.584. The number of benzene rings is 2. The Morgan fingerprint density at radius 1 is 1.16 bits per heavy atom. The van der Waals surface area contributed by atoms with Gasteiger partial charge in [0.1, 0.15) is 0 Å². The van der Waals surface area contributed by atoms with E-state index in [1.54, 1.807) is 0 Å². The van der Waals surface area contributed by atoms with Gasteiger partial charge in [-0.1, -0.05) is 48.5 Å². The number of rotatable bonds is 7. The van der Waals surface area contributed by atoms with Crippen LogP contribution in [0.5, 0.6) is 0 Å². The van der Waals surface area contributed by atoms with Crippen molar-refractivity contribution >= 4 is 41.7 Å². The molecule has 0 saturated carbocycles. The number of imidazole rings is 1. The van der Waals surface area contributed by atoms with Crippen LogP contribution in [0.2, 0.25) is 0 Å². The first kappa shape index (κ1) is 24.6. The maximum atomic E-state index is 4.42. The van der Waals surface area contributed by atoms with E-state index in [4.69, 9.17) is 0 Å². The third kappa shape index (κ3) is 6.51. The van der Waals surface area contributed by atoms with E-state index in [1.807, 2.05) is 25.8 Å². The van der Waals surface area contributed by atoms with Gasteiger partial charge in [0.15, 0.2) is 5.96 Å². The van der Waals surface area contributed by atoms with E-state index in [9.17, 15) is 0 Å². The van der Waals surface area contributed by atoms with Gasteiger partial charge < -0.3 is 15.2 Å². The van der Waals surface area contributed by atoms with Crippen LogP contribution in [0.15, 0.2) is 72.2 Å². The molecular formula is C25H32IN5S. The summed E-state index contributed by atoms with van der Waals surface area (Å²) in [6, 6.07) is 17.4. The zero-order valence-corrected chi connectivity index (χ0v) is 21.9. The van der Waals surface area contributed by atoms with Crippen molar-refractivity contribution < 1.29 is 0 Å². The summed E-state index contributed by atoms with van der Waals surface area (Å²) in [5, 5.41) is 7.02. The Hall–Kier alpha value is -2.00. The van der Waals surface area contributed by atoms with Crippen molar-refractivity contribution in [1.82, 2.24) is 20.2 Å². The fourth-order valence-electron chi connectivity index (χ4n) is 3.98. The van der Waals surface area contributed by atoms with Crippen molar-refractivity contribution in [1.29, 1.82) is 0 Å². The number of hydrogen-bond acceptors (Lipinski definition) is 3. The first-order valence-electron chi connectivity index (χ1n) is 10.9. The average molecular weight is 562 g/mol. The van der Waals surface area contributed by atoms with E-state index in [0.29, 0.717) is 4.75 Å². The molecule has 2 aromatic carbocycles. The van der Waals surface area contributed by atoms with E-state index in [-0.39, 0.29) is 24.0 Å². The maximum Gasteiger partial charge on any atom is 0.191 e. The Labute approximate surface area is 212 Å². The van der Waals surface area contributed by atoms with Crippen molar-refractivity contribution in [3.8, 4) is 11.1 Å². The first-order chi connectivity index (χ1) is 15.1. The van der Waals surface area contributed by atoms with Gasteiger partial charge in [0, 0.05) is 43.8 Å². The predicted molar refractivity (Wildman–Crippen MR) is 147 cm³/mol. The Kier molecular flexibility index (Phi) is 9.04. The van der Waals surface area contributed by atoms with Gasteiger partial charge in [0.05, 0.1) is 6.33 Å². The highest BCUT2D eigenvalue weighted by atomic mass is 127. The molecule has 7 heteroatoms. The molecule has 1 saturated heterocycles. The Balaban J connectivity index is 0.00000289. The second-order valence-corrected chi connectivity index (χ2v) is 9.95. The summed E-state index contributed by atoms with van der Waals surface area (Å²) in [6.07, 6.45) is 8.22. The molecule has 0 amide bonds. The average Bonchev–Trinajstić information content (AvgIpc) is 3.47. The minimum Gasteiger partial charge on any atom is -0.355 e. The van der Waals surface area contributed by atoms with Gasteiger partial charge in [-0.05, 0) is 47.8 Å². The van der Waals surface area contributed by atoms with Crippen LogP contribution in [0.4, 0.5) is 0 Å². The molecule has 1 aliphatic heterocycles. The van der Waals surface area contributed by atoms with Crippen molar-refractivity contribution in [2.45, 2.75) is 37.6 Å². The Morgan fingerprint density at radius 2 is 1.97 bits per heavy atom. The molecule has 0 radical (unpaired) electrons. The zero-order valence-electron chi connectivity index (χ0n) is 18.8. The van der Waals surface area contributed by atoms with Gasteiger partial charge in [0.2, 0.25) is 0 Å². The summed E-state index contributed by atoms with van der Waals surface area (Å²) >= 11 is 2.06. The quantitative estimate of drug-likeness (QED) is 0.238. The number of thioether (sulfide) groups is 1. The van der Waals surface area contributed by atoms with E-state index in [0.717, 1.165) is 25.6 Å². The molecule has 0 aliphatic carbocycles. The summed E-state index contributed by atoms with van der Waals surface area (Å²) in [7, 11) is 1.84. The van der Waals surface area contributed by atoms with Gasteiger partial charge in [-0.3, -0.25) is 4.99 Å². The summed E-state index contributed by atoms with van der Waals surface area (Å²) in [5.41, 5.74) is 5.00. The fraction of sp³-hybridized carbons (Fsp3) is 0.360. The third-order valence-corrected chi connectivity index (χ3v) is 7.34. The highest BCUT2D eigenvalue weighted by Gasteiger charge is 2.29. The minimum atomic E-state index is 0. The van der Waals surface area contributed by atoms with Crippen LogP contribution in [0.1, 0.15) is 30.9 Å². The van der Waals surface area contributed by atoms with Crippen molar-refractivity contribution in [2.75, 3.05) is 19.3 Å². The smallest absolute Gasteiger partial charge is 0.191 e. The lowest BCUT2D eigenvalue weighted by Crippen LogP contribution is -2.43. The molecule has 2 N–H and O–H groups in total. The number of halogens is 1. The molecule has 1 atom stereocenters. The topological polar surface area (TPSA) is 54.2 Å². The van der Waals surface area contributed by atoms with Crippen LogP contribution in [0.3, 0.4) is 0 Å². The predicted octanol–water partition coefficient (Wildman–Crippen LogP) is 5.17. The normalized spacial score (nSPS) is 18.2. The van der Waals surface area contributed by atoms with Gasteiger partial charge in [0.25, 0.3) is 0 Å². The van der Waals surface area contributed by atoms with E-state index >= 15 is 0 Å². The molecule has 2 heterocycles. The number of aromatic nitrogens is 2. The zero-order chi connectivity index (χ0) is 21.5. The summed E-state index contributed by atoms with van der Waals surface area (Å²) < 4.78 is 2.39. The summed E-state index contributed by atoms with van der Waals surface area (Å²) in [6.45, 7) is 4.85. The monoisotopic (exact) mass is 561 g/mol. The molecular weight excluding hydrogens is 529 g/mol. The lowest BCUT2D eigenvalue weighted by atomic mass is 9.98. The van der Waals surface area contributed by atoms with Crippen molar-refractivity contribution in [3.05, 3.63) is 78.4 Å². The van der Waals surface area contributed by atoms with Crippen LogP contribution >= 0.6 is 35.7 Å². The van der Waals surface area contributed by atoms with E-state index in [1.165, 1.54) is 40.8 Å². The highest BCUT2D eigenvalue weighted by Crippen LogP contribution is 2.36. The van der Waals surface area contributed by atoms with Crippen LogP contribution in [-0.2, 0) is 13.1 Å². The largest absolute Gasteiger partial charge is 0.355 e. The first-order valence-corrected chi connectivity index (χ1v) is 11.9. The SMILES string of the molecule is CN=C(NCc1ccccc1-c1ccc(Cn2ccnc2)cc1)NCC1(C)CCCS1.I. The van der Waals surface area contributed by atoms with Crippen molar-refractivity contribution in [2.24, 2.45) is 4.99 Å². The number of nitrogens with one attached hydrogen (secondary N) is 2. The van der Waals surface area contributed by atoms with Crippen molar-refractivity contribution in [3.63, 3.8) is 0 Å². The van der Waals surface area contributed by atoms with E-state index < -0.39 is 0 Å². The summed E-state index contributed by atoms with van der Waals surface area (Å²) in [4.78, 5) is 8.54. The van der Waals surface area contributed by atoms with Crippen LogP contribution < -0.4 is 10.6 Å². The molecule has 170 valence electrons. The maximum absolute atomic E-state index is 4.42. The van der Waals surface area contributed by atoms with Crippen LogP contribution in [0, 0.1) is 0 Å². The number of aliphatic imine (C=N–C) groups is 1. The second kappa shape index (κ2) is 11.7. The number of guanidine groups is 1. The van der Waals surface area contributed by atoms with Gasteiger partial charge >= 0.3 is 0 Å². The molecule has 32 heavy (non-hydrogen) atoms. The van der Waals surface area contributed by atoms with Crippen LogP contribution in [-0.4, -0.2) is 39.6 Å². The van der Waals surface area contributed by atoms with Crippen LogP contribution in [0.25, 0.3) is 11.1 Å². The van der Waals surface area contributed by atoms with Gasteiger partial charge in [-0.25, -0.2) is 4.98 Å². The lowest BCUT2D eigenvalue weighted by Gasteiger charge is -2.24. The molecule has 5 nitrogen and oxygen atoms in total. The molecule has 4 rings (SSSR count). The molecule has 1 aliphatic rings. The fourth-order valence-corrected chi connectivity index (χ4v) is 5.23. The minimum absolute atomic E-state index is 0. The highest BCUT2D eigenvalue weighted by molar-refractivity contribution is 14.0. The standard InChI is InChI=1S/C25H31N5S.HI/c1-25(12-5-15-31-25)18-29-24(26-2)28-16-22-6-3-4-7-23(22)21-10-8-20(9-11-21)17-30-14-13-27-19-30;/h3-4,6-11,13-14,19H,5,12,15-18H2,1-2H3,(H2,26,28,29);1H. The Morgan fingerprint density at radius 3 is 2.66 bits per heavy atom. The summed E-state index contributed by atoms with van der Waals surface area (Å²) in [5.74, 6) is 2.12.